The molecule has 8 nitrogen and oxygen atoms in total. The SMILES string of the molecule is COc1ccccc1NC(=O)N1CCCC1C(=O)Nc1ccc2c(c1)OCCO2. The largest absolute Gasteiger partial charge is 0.495 e. The van der Waals surface area contributed by atoms with Crippen molar-refractivity contribution in [3.05, 3.63) is 42.5 Å². The molecule has 0 bridgehead atoms. The second kappa shape index (κ2) is 8.30. The Morgan fingerprint density at radius 1 is 1.07 bits per heavy atom. The molecule has 0 radical (unpaired) electrons. The molecule has 1 saturated heterocycles. The van der Waals surface area contributed by atoms with E-state index in [-0.39, 0.29) is 11.9 Å². The van der Waals surface area contributed by atoms with Gasteiger partial charge in [-0.15, -0.1) is 0 Å². The van der Waals surface area contributed by atoms with Gasteiger partial charge in [0.1, 0.15) is 25.0 Å². The van der Waals surface area contributed by atoms with Gasteiger partial charge in [0.25, 0.3) is 0 Å². The lowest BCUT2D eigenvalue weighted by atomic mass is 10.2. The molecule has 0 aromatic heterocycles. The van der Waals surface area contributed by atoms with Gasteiger partial charge in [-0.1, -0.05) is 12.1 Å². The van der Waals surface area contributed by atoms with Crippen molar-refractivity contribution in [2.24, 2.45) is 0 Å². The fourth-order valence-electron chi connectivity index (χ4n) is 3.56. The number of benzene rings is 2. The topological polar surface area (TPSA) is 89.1 Å². The Morgan fingerprint density at radius 2 is 1.86 bits per heavy atom. The van der Waals surface area contributed by atoms with E-state index in [2.05, 4.69) is 10.6 Å². The number of para-hydroxylation sites is 2. The van der Waals surface area contributed by atoms with Gasteiger partial charge in [-0.05, 0) is 37.1 Å². The first kappa shape index (κ1) is 18.9. The highest BCUT2D eigenvalue weighted by Crippen LogP contribution is 2.33. The number of fused-ring (bicyclic) bond motifs is 1. The first-order chi connectivity index (χ1) is 14.2. The summed E-state index contributed by atoms with van der Waals surface area (Å²) >= 11 is 0. The molecule has 0 spiro atoms. The Morgan fingerprint density at radius 3 is 2.69 bits per heavy atom. The molecular formula is C21H23N3O5. The lowest BCUT2D eigenvalue weighted by Gasteiger charge is -2.25. The van der Waals surface area contributed by atoms with Crippen LogP contribution < -0.4 is 24.8 Å². The number of hydrogen-bond acceptors (Lipinski definition) is 5. The van der Waals surface area contributed by atoms with Gasteiger partial charge in [-0.25, -0.2) is 4.79 Å². The van der Waals surface area contributed by atoms with Crippen LogP contribution in [0.1, 0.15) is 12.8 Å². The molecule has 2 N–H and O–H groups in total. The van der Waals surface area contributed by atoms with Gasteiger partial charge >= 0.3 is 6.03 Å². The number of amides is 3. The molecule has 0 aliphatic carbocycles. The Balaban J connectivity index is 1.43. The van der Waals surface area contributed by atoms with E-state index in [1.54, 1.807) is 42.3 Å². The monoisotopic (exact) mass is 397 g/mol. The van der Waals surface area contributed by atoms with E-state index in [1.807, 2.05) is 12.1 Å². The zero-order chi connectivity index (χ0) is 20.2. The molecule has 2 aromatic rings. The summed E-state index contributed by atoms with van der Waals surface area (Å²) in [5.41, 5.74) is 1.18. The molecule has 2 heterocycles. The number of urea groups is 1. The number of nitrogens with zero attached hydrogens (tertiary/aromatic N) is 1. The molecule has 29 heavy (non-hydrogen) atoms. The van der Waals surface area contributed by atoms with Crippen LogP contribution in [0.5, 0.6) is 17.2 Å². The Kier molecular flexibility index (Phi) is 5.41. The molecule has 2 aliphatic heterocycles. The second-order valence-corrected chi connectivity index (χ2v) is 6.83. The summed E-state index contributed by atoms with van der Waals surface area (Å²) in [5, 5.41) is 5.72. The smallest absolute Gasteiger partial charge is 0.322 e. The molecule has 152 valence electrons. The number of nitrogens with one attached hydrogen (secondary N) is 2. The molecule has 2 aliphatic rings. The van der Waals surface area contributed by atoms with Crippen molar-refractivity contribution in [2.45, 2.75) is 18.9 Å². The summed E-state index contributed by atoms with van der Waals surface area (Å²) < 4.78 is 16.3. The fourth-order valence-corrected chi connectivity index (χ4v) is 3.56. The van der Waals surface area contributed by atoms with Crippen LogP contribution in [0.25, 0.3) is 0 Å². The van der Waals surface area contributed by atoms with Gasteiger partial charge in [-0.2, -0.15) is 0 Å². The number of likely N-dealkylation sites (tertiary alicyclic amines) is 1. The third kappa shape index (κ3) is 4.06. The summed E-state index contributed by atoms with van der Waals surface area (Å²) in [6, 6.07) is 11.6. The molecule has 2 aromatic carbocycles. The van der Waals surface area contributed by atoms with E-state index < -0.39 is 6.04 Å². The van der Waals surface area contributed by atoms with Crippen molar-refractivity contribution in [2.75, 3.05) is 37.5 Å². The van der Waals surface area contributed by atoms with Crippen LogP contribution in [0.3, 0.4) is 0 Å². The number of methoxy groups -OCH3 is 1. The lowest BCUT2D eigenvalue weighted by Crippen LogP contribution is -2.45. The van der Waals surface area contributed by atoms with E-state index in [4.69, 9.17) is 14.2 Å². The molecule has 0 saturated carbocycles. The van der Waals surface area contributed by atoms with Crippen LogP contribution in [0, 0.1) is 0 Å². The van der Waals surface area contributed by atoms with Crippen molar-refractivity contribution in [1.29, 1.82) is 0 Å². The predicted octanol–water partition coefficient (Wildman–Crippen LogP) is 3.10. The Bertz CT molecular complexity index is 917. The summed E-state index contributed by atoms with van der Waals surface area (Å²) in [6.45, 7) is 1.50. The third-order valence-corrected chi connectivity index (χ3v) is 4.97. The number of anilines is 2. The third-order valence-electron chi connectivity index (χ3n) is 4.97. The van der Waals surface area contributed by atoms with Crippen LogP contribution in [-0.2, 0) is 4.79 Å². The minimum Gasteiger partial charge on any atom is -0.495 e. The van der Waals surface area contributed by atoms with Crippen molar-refractivity contribution < 1.29 is 23.8 Å². The van der Waals surface area contributed by atoms with Crippen LogP contribution in [0.15, 0.2) is 42.5 Å². The second-order valence-electron chi connectivity index (χ2n) is 6.83. The number of carbonyl (C=O) groups excluding carboxylic acids is 2. The minimum atomic E-state index is -0.544. The predicted molar refractivity (Wildman–Crippen MR) is 108 cm³/mol. The summed E-state index contributed by atoms with van der Waals surface area (Å²) in [5.74, 6) is 1.60. The average Bonchev–Trinajstić information content (AvgIpc) is 3.24. The molecule has 1 atom stereocenters. The van der Waals surface area contributed by atoms with Gasteiger partial charge in [0.2, 0.25) is 5.91 Å². The van der Waals surface area contributed by atoms with Gasteiger partial charge in [0.05, 0.1) is 12.8 Å². The quantitative estimate of drug-likeness (QED) is 0.828. The first-order valence-corrected chi connectivity index (χ1v) is 9.57. The molecule has 8 heteroatoms. The Hall–Kier alpha value is -3.42. The first-order valence-electron chi connectivity index (χ1n) is 9.57. The molecule has 1 unspecified atom stereocenters. The van der Waals surface area contributed by atoms with Crippen molar-refractivity contribution in [3.8, 4) is 17.2 Å². The van der Waals surface area contributed by atoms with Crippen LogP contribution in [0.4, 0.5) is 16.2 Å². The van der Waals surface area contributed by atoms with E-state index in [9.17, 15) is 9.59 Å². The van der Waals surface area contributed by atoms with Crippen LogP contribution >= 0.6 is 0 Å². The van der Waals surface area contributed by atoms with Crippen LogP contribution in [0.2, 0.25) is 0 Å². The minimum absolute atomic E-state index is 0.227. The average molecular weight is 397 g/mol. The maximum Gasteiger partial charge on any atom is 0.322 e. The maximum atomic E-state index is 12.8. The van der Waals surface area contributed by atoms with E-state index in [1.165, 1.54) is 0 Å². The van der Waals surface area contributed by atoms with Crippen LogP contribution in [-0.4, -0.2) is 49.7 Å². The lowest BCUT2D eigenvalue weighted by molar-refractivity contribution is -0.119. The zero-order valence-corrected chi connectivity index (χ0v) is 16.1. The summed E-state index contributed by atoms with van der Waals surface area (Å²) in [4.78, 5) is 27.2. The molecular weight excluding hydrogens is 374 g/mol. The van der Waals surface area contributed by atoms with Gasteiger partial charge in [0.15, 0.2) is 11.5 Å². The number of ether oxygens (including phenoxy) is 3. The fraction of sp³-hybridized carbons (Fsp3) is 0.333. The number of hydrogen-bond donors (Lipinski definition) is 2. The van der Waals surface area contributed by atoms with Gasteiger partial charge in [-0.3, -0.25) is 4.79 Å². The van der Waals surface area contributed by atoms with E-state index >= 15 is 0 Å². The number of rotatable bonds is 4. The highest BCUT2D eigenvalue weighted by atomic mass is 16.6. The number of carbonyl (C=O) groups is 2. The molecule has 4 rings (SSSR count). The van der Waals surface area contributed by atoms with Crippen molar-refractivity contribution in [3.63, 3.8) is 0 Å². The standard InChI is InChI=1S/C21H23N3O5/c1-27-17-7-3-2-5-15(17)23-21(26)24-10-4-6-16(24)20(25)22-14-8-9-18-19(13-14)29-12-11-28-18/h2-3,5,7-9,13,16H,4,6,10-12H2,1H3,(H,22,25)(H,23,26). The molecule has 3 amide bonds. The summed E-state index contributed by atoms with van der Waals surface area (Å²) in [7, 11) is 1.55. The highest BCUT2D eigenvalue weighted by molar-refractivity contribution is 6.00. The van der Waals surface area contributed by atoms with Gasteiger partial charge < -0.3 is 29.7 Å². The van der Waals surface area contributed by atoms with Gasteiger partial charge in [0, 0.05) is 18.3 Å². The van der Waals surface area contributed by atoms with E-state index in [0.29, 0.717) is 54.8 Å². The summed E-state index contributed by atoms with van der Waals surface area (Å²) in [6.07, 6.45) is 1.37. The normalized spacial score (nSPS) is 17.6. The maximum absolute atomic E-state index is 12.8. The molecule has 1 fully saturated rings. The van der Waals surface area contributed by atoms with Crippen molar-refractivity contribution >= 4 is 23.3 Å². The highest BCUT2D eigenvalue weighted by Gasteiger charge is 2.34. The Labute approximate surface area is 168 Å². The zero-order valence-electron chi connectivity index (χ0n) is 16.1. The van der Waals surface area contributed by atoms with Crippen molar-refractivity contribution in [1.82, 2.24) is 4.90 Å². The van der Waals surface area contributed by atoms with E-state index in [0.717, 1.165) is 6.42 Å².